The minimum absolute atomic E-state index is 0.235. The summed E-state index contributed by atoms with van der Waals surface area (Å²) in [5.41, 5.74) is 4.25. The van der Waals surface area contributed by atoms with Crippen LogP contribution in [-0.4, -0.2) is 27.4 Å². The lowest BCUT2D eigenvalue weighted by Gasteiger charge is -2.27. The van der Waals surface area contributed by atoms with E-state index in [4.69, 9.17) is 4.98 Å². The Bertz CT molecular complexity index is 1260. The Morgan fingerprint density at radius 1 is 0.969 bits per heavy atom. The summed E-state index contributed by atoms with van der Waals surface area (Å²) >= 11 is 0. The van der Waals surface area contributed by atoms with Crippen LogP contribution in [0.25, 0.3) is 22.2 Å². The van der Waals surface area contributed by atoms with Gasteiger partial charge in [-0.15, -0.1) is 13.2 Å². The van der Waals surface area contributed by atoms with Crippen molar-refractivity contribution in [1.29, 1.82) is 0 Å². The highest BCUT2D eigenvalue weighted by atomic mass is 19.4. The smallest absolute Gasteiger partial charge is 0.406 e. The lowest BCUT2D eigenvalue weighted by molar-refractivity contribution is -0.274. The number of rotatable bonds is 4. The summed E-state index contributed by atoms with van der Waals surface area (Å²) in [6, 6.07) is 20.7. The van der Waals surface area contributed by atoms with Crippen LogP contribution in [0.5, 0.6) is 5.75 Å². The van der Waals surface area contributed by atoms with Gasteiger partial charge in [-0.05, 0) is 40.6 Å². The van der Waals surface area contributed by atoms with E-state index in [1.807, 2.05) is 11.6 Å². The Morgan fingerprint density at radius 2 is 1.72 bits per heavy atom. The molecule has 3 aromatic carbocycles. The van der Waals surface area contributed by atoms with Crippen LogP contribution in [0.15, 0.2) is 66.7 Å². The summed E-state index contributed by atoms with van der Waals surface area (Å²) < 4.78 is 43.3. The number of benzene rings is 3. The number of ether oxygens (including phenoxy) is 1. The third-order valence-electron chi connectivity index (χ3n) is 5.95. The van der Waals surface area contributed by atoms with E-state index >= 15 is 0 Å². The second kappa shape index (κ2) is 7.98. The van der Waals surface area contributed by atoms with Crippen LogP contribution in [0.2, 0.25) is 0 Å². The summed E-state index contributed by atoms with van der Waals surface area (Å²) in [6.45, 7) is 2.53. The standard InChI is InChI=1S/C25H22F3N3O/c1-30-23-16-31(15-19-7-4-6-17-5-2-3-8-21(17)19)14-13-22(23)29-24(30)18-9-11-20(12-10-18)32-25(26,27)28/h2-12H,13-16H2,1H3. The molecular formula is C25H22F3N3O. The second-order valence-corrected chi connectivity index (χ2v) is 8.06. The molecule has 5 rings (SSSR count). The highest BCUT2D eigenvalue weighted by Crippen LogP contribution is 2.30. The van der Waals surface area contributed by atoms with Crippen LogP contribution >= 0.6 is 0 Å². The van der Waals surface area contributed by atoms with Crippen molar-refractivity contribution in [2.24, 2.45) is 7.05 Å². The van der Waals surface area contributed by atoms with Gasteiger partial charge in [-0.25, -0.2) is 4.98 Å². The Kier molecular flexibility index (Phi) is 5.13. The van der Waals surface area contributed by atoms with Crippen LogP contribution in [0, 0.1) is 0 Å². The van der Waals surface area contributed by atoms with Crippen LogP contribution < -0.4 is 4.74 Å². The fraction of sp³-hybridized carbons (Fsp3) is 0.240. The molecule has 0 radical (unpaired) electrons. The van der Waals surface area contributed by atoms with E-state index in [0.717, 1.165) is 48.8 Å². The van der Waals surface area contributed by atoms with Gasteiger partial charge >= 0.3 is 6.36 Å². The summed E-state index contributed by atoms with van der Waals surface area (Å²) in [6.07, 6.45) is -3.86. The molecule has 0 saturated carbocycles. The van der Waals surface area contributed by atoms with Gasteiger partial charge in [0.05, 0.1) is 11.4 Å². The van der Waals surface area contributed by atoms with Crippen LogP contribution in [0.1, 0.15) is 17.0 Å². The maximum atomic E-state index is 12.4. The van der Waals surface area contributed by atoms with Gasteiger partial charge in [0.1, 0.15) is 11.6 Å². The minimum Gasteiger partial charge on any atom is -0.406 e. The average molecular weight is 437 g/mol. The predicted octanol–water partition coefficient (Wildman–Crippen LogP) is 5.70. The van der Waals surface area contributed by atoms with Gasteiger partial charge < -0.3 is 9.30 Å². The number of hydrogen-bond acceptors (Lipinski definition) is 3. The fourth-order valence-corrected chi connectivity index (χ4v) is 4.41. The largest absolute Gasteiger partial charge is 0.573 e. The van der Waals surface area contributed by atoms with Crippen molar-refractivity contribution in [2.45, 2.75) is 25.9 Å². The number of fused-ring (bicyclic) bond motifs is 2. The zero-order chi connectivity index (χ0) is 22.3. The lowest BCUT2D eigenvalue weighted by atomic mass is 10.0. The maximum absolute atomic E-state index is 12.4. The number of imidazole rings is 1. The van der Waals surface area contributed by atoms with Crippen molar-refractivity contribution in [3.8, 4) is 17.1 Å². The van der Waals surface area contributed by atoms with E-state index in [2.05, 4.69) is 52.1 Å². The van der Waals surface area contributed by atoms with Crippen molar-refractivity contribution in [3.63, 3.8) is 0 Å². The summed E-state index contributed by atoms with van der Waals surface area (Å²) in [5, 5.41) is 2.51. The molecule has 0 saturated heterocycles. The molecule has 0 aliphatic carbocycles. The number of aromatic nitrogens is 2. The van der Waals surface area contributed by atoms with Gasteiger partial charge in [0.25, 0.3) is 0 Å². The monoisotopic (exact) mass is 437 g/mol. The number of halogens is 3. The van der Waals surface area contributed by atoms with Crippen molar-refractivity contribution in [3.05, 3.63) is 83.7 Å². The first-order valence-corrected chi connectivity index (χ1v) is 10.5. The van der Waals surface area contributed by atoms with Crippen LogP contribution in [-0.2, 0) is 26.6 Å². The molecule has 7 heteroatoms. The molecule has 0 unspecified atom stereocenters. The van der Waals surface area contributed by atoms with E-state index in [0.29, 0.717) is 0 Å². The molecular weight excluding hydrogens is 415 g/mol. The number of nitrogens with zero attached hydrogens (tertiary/aromatic N) is 3. The first kappa shape index (κ1) is 20.6. The Hall–Kier alpha value is -3.32. The van der Waals surface area contributed by atoms with Crippen molar-refractivity contribution < 1.29 is 17.9 Å². The molecule has 4 aromatic rings. The second-order valence-electron chi connectivity index (χ2n) is 8.06. The predicted molar refractivity (Wildman–Crippen MR) is 117 cm³/mol. The van der Waals surface area contributed by atoms with Crippen molar-refractivity contribution in [2.75, 3.05) is 6.54 Å². The zero-order valence-electron chi connectivity index (χ0n) is 17.6. The molecule has 1 aliphatic rings. The SMILES string of the molecule is Cn1c(-c2ccc(OC(F)(F)F)cc2)nc2c1CN(Cc1cccc3ccccc13)CC2. The van der Waals surface area contributed by atoms with Gasteiger partial charge in [0, 0.05) is 38.7 Å². The van der Waals surface area contributed by atoms with E-state index < -0.39 is 6.36 Å². The van der Waals surface area contributed by atoms with Gasteiger partial charge in [0.15, 0.2) is 0 Å². The summed E-state index contributed by atoms with van der Waals surface area (Å²) in [5.74, 6) is 0.516. The molecule has 1 aliphatic heterocycles. The third-order valence-corrected chi connectivity index (χ3v) is 5.95. The van der Waals surface area contributed by atoms with E-state index in [9.17, 15) is 13.2 Å². The lowest BCUT2D eigenvalue weighted by Crippen LogP contribution is -2.31. The van der Waals surface area contributed by atoms with Gasteiger partial charge in [-0.3, -0.25) is 4.90 Å². The van der Waals surface area contributed by atoms with E-state index in [1.165, 1.54) is 28.5 Å². The summed E-state index contributed by atoms with van der Waals surface area (Å²) in [7, 11) is 1.96. The van der Waals surface area contributed by atoms with Gasteiger partial charge in [0.2, 0.25) is 0 Å². The molecule has 164 valence electrons. The van der Waals surface area contributed by atoms with Crippen molar-refractivity contribution in [1.82, 2.24) is 14.5 Å². The average Bonchev–Trinajstić information content (AvgIpc) is 3.10. The topological polar surface area (TPSA) is 30.3 Å². The molecule has 0 bridgehead atoms. The molecule has 32 heavy (non-hydrogen) atoms. The van der Waals surface area contributed by atoms with Crippen LogP contribution in [0.3, 0.4) is 0 Å². The van der Waals surface area contributed by atoms with Crippen molar-refractivity contribution >= 4 is 10.8 Å². The molecule has 1 aromatic heterocycles. The molecule has 0 amide bonds. The van der Waals surface area contributed by atoms with E-state index in [-0.39, 0.29) is 5.75 Å². The van der Waals surface area contributed by atoms with Crippen LogP contribution in [0.4, 0.5) is 13.2 Å². The molecule has 2 heterocycles. The molecule has 0 spiro atoms. The van der Waals surface area contributed by atoms with Gasteiger partial charge in [-0.2, -0.15) is 0 Å². The van der Waals surface area contributed by atoms with E-state index in [1.54, 1.807) is 12.1 Å². The minimum atomic E-state index is -4.70. The highest BCUT2D eigenvalue weighted by molar-refractivity contribution is 5.85. The zero-order valence-corrected chi connectivity index (χ0v) is 17.6. The van der Waals surface area contributed by atoms with Gasteiger partial charge in [-0.1, -0.05) is 42.5 Å². The molecule has 0 N–H and O–H groups in total. The Balaban J connectivity index is 1.37. The molecule has 4 nitrogen and oxygen atoms in total. The first-order valence-electron chi connectivity index (χ1n) is 10.5. The summed E-state index contributed by atoms with van der Waals surface area (Å²) in [4.78, 5) is 7.20. The molecule has 0 fully saturated rings. The quantitative estimate of drug-likeness (QED) is 0.411. The highest BCUT2D eigenvalue weighted by Gasteiger charge is 2.31. The first-order chi connectivity index (χ1) is 15.4. The maximum Gasteiger partial charge on any atom is 0.573 e. The fourth-order valence-electron chi connectivity index (χ4n) is 4.41. The Labute approximate surface area is 183 Å². The Morgan fingerprint density at radius 3 is 2.50 bits per heavy atom. The number of alkyl halides is 3. The number of hydrogen-bond donors (Lipinski definition) is 0. The normalized spacial score (nSPS) is 14.5. The molecule has 0 atom stereocenters. The third kappa shape index (κ3) is 4.08.